The van der Waals surface area contributed by atoms with Crippen LogP contribution in [0.4, 0.5) is 0 Å². The minimum absolute atomic E-state index is 0.0686. The zero-order valence-corrected chi connectivity index (χ0v) is 11.8. The monoisotopic (exact) mass is 259 g/mol. The van der Waals surface area contributed by atoms with E-state index in [1.807, 2.05) is 38.1 Å². The van der Waals surface area contributed by atoms with E-state index in [-0.39, 0.29) is 6.04 Å². The Hall–Kier alpha value is -1.74. The predicted molar refractivity (Wildman–Crippen MR) is 76.6 cm³/mol. The van der Waals surface area contributed by atoms with E-state index >= 15 is 0 Å². The quantitative estimate of drug-likeness (QED) is 0.859. The van der Waals surface area contributed by atoms with E-state index in [9.17, 15) is 0 Å². The van der Waals surface area contributed by atoms with E-state index in [4.69, 9.17) is 9.15 Å². The topological polar surface area (TPSA) is 34.4 Å². The van der Waals surface area contributed by atoms with Crippen molar-refractivity contribution in [3.8, 4) is 5.75 Å². The molecule has 1 aromatic heterocycles. The number of benzene rings is 1. The molecular formula is C16H21NO2. The zero-order chi connectivity index (χ0) is 13.7. The number of aryl methyl sites for hydroxylation is 1. The normalized spacial score (nSPS) is 12.4. The van der Waals surface area contributed by atoms with Crippen LogP contribution in [0.25, 0.3) is 0 Å². The second-order valence-electron chi connectivity index (χ2n) is 4.44. The summed E-state index contributed by atoms with van der Waals surface area (Å²) in [4.78, 5) is 0. The summed E-state index contributed by atoms with van der Waals surface area (Å²) in [5.41, 5.74) is 1.15. The molecule has 0 aliphatic rings. The first-order chi connectivity index (χ1) is 9.24. The zero-order valence-electron chi connectivity index (χ0n) is 11.8. The smallest absolute Gasteiger partial charge is 0.125 e. The van der Waals surface area contributed by atoms with Gasteiger partial charge in [0.1, 0.15) is 17.3 Å². The Balaban J connectivity index is 2.30. The summed E-state index contributed by atoms with van der Waals surface area (Å²) in [6.07, 6.45) is 0. The van der Waals surface area contributed by atoms with Crippen LogP contribution >= 0.6 is 0 Å². The van der Waals surface area contributed by atoms with E-state index in [0.29, 0.717) is 6.61 Å². The molecule has 1 aromatic carbocycles. The van der Waals surface area contributed by atoms with Crippen molar-refractivity contribution >= 4 is 0 Å². The molecule has 0 fully saturated rings. The Morgan fingerprint density at radius 2 is 2.05 bits per heavy atom. The Labute approximate surface area is 114 Å². The van der Waals surface area contributed by atoms with E-state index < -0.39 is 0 Å². The van der Waals surface area contributed by atoms with Crippen molar-refractivity contribution in [1.29, 1.82) is 0 Å². The molecule has 0 amide bonds. The molecule has 3 heteroatoms. The maximum absolute atomic E-state index is 5.75. The standard InChI is InChI=1S/C16H21NO2/c1-4-17-16(15-10-9-12(3)19-15)13-7-6-8-14(11-13)18-5-2/h6-11,16-17H,4-5H2,1-3H3. The predicted octanol–water partition coefficient (Wildman–Crippen LogP) is 3.69. The van der Waals surface area contributed by atoms with Crippen molar-refractivity contribution in [3.05, 3.63) is 53.5 Å². The van der Waals surface area contributed by atoms with Crippen molar-refractivity contribution in [2.45, 2.75) is 26.8 Å². The average molecular weight is 259 g/mol. The summed E-state index contributed by atoms with van der Waals surface area (Å²) in [5, 5.41) is 3.45. The summed E-state index contributed by atoms with van der Waals surface area (Å²) in [6, 6.07) is 12.2. The molecule has 0 saturated heterocycles. The lowest BCUT2D eigenvalue weighted by atomic mass is 10.0. The first-order valence-corrected chi connectivity index (χ1v) is 6.77. The maximum atomic E-state index is 5.75. The van der Waals surface area contributed by atoms with Crippen LogP contribution in [0.15, 0.2) is 40.8 Å². The third-order valence-electron chi connectivity index (χ3n) is 2.96. The second-order valence-corrected chi connectivity index (χ2v) is 4.44. The van der Waals surface area contributed by atoms with Gasteiger partial charge in [-0.2, -0.15) is 0 Å². The van der Waals surface area contributed by atoms with Crippen LogP contribution in [0.3, 0.4) is 0 Å². The maximum Gasteiger partial charge on any atom is 0.125 e. The second kappa shape index (κ2) is 6.43. The fourth-order valence-electron chi connectivity index (χ4n) is 2.15. The lowest BCUT2D eigenvalue weighted by molar-refractivity contribution is 0.339. The molecule has 2 aromatic rings. The van der Waals surface area contributed by atoms with E-state index in [2.05, 4.69) is 24.4 Å². The van der Waals surface area contributed by atoms with Gasteiger partial charge in [0.25, 0.3) is 0 Å². The molecule has 0 aliphatic heterocycles. The van der Waals surface area contributed by atoms with Crippen molar-refractivity contribution < 1.29 is 9.15 Å². The number of furan rings is 1. The average Bonchev–Trinajstić information content (AvgIpc) is 2.83. The van der Waals surface area contributed by atoms with Crippen LogP contribution in [0.1, 0.15) is 37.0 Å². The Bertz CT molecular complexity index is 519. The van der Waals surface area contributed by atoms with Crippen molar-refractivity contribution in [2.24, 2.45) is 0 Å². The molecule has 1 N–H and O–H groups in total. The molecule has 0 spiro atoms. The summed E-state index contributed by atoms with van der Waals surface area (Å²) < 4.78 is 11.3. The highest BCUT2D eigenvalue weighted by Crippen LogP contribution is 2.26. The van der Waals surface area contributed by atoms with Gasteiger partial charge < -0.3 is 14.5 Å². The third kappa shape index (κ3) is 3.38. The summed E-state index contributed by atoms with van der Waals surface area (Å²) >= 11 is 0. The van der Waals surface area contributed by atoms with Crippen molar-refractivity contribution in [3.63, 3.8) is 0 Å². The molecule has 102 valence electrons. The molecule has 1 atom stereocenters. The van der Waals surface area contributed by atoms with Crippen LogP contribution in [0.2, 0.25) is 0 Å². The lowest BCUT2D eigenvalue weighted by Gasteiger charge is -2.17. The van der Waals surface area contributed by atoms with Gasteiger partial charge in [0, 0.05) is 0 Å². The fourth-order valence-corrected chi connectivity index (χ4v) is 2.15. The van der Waals surface area contributed by atoms with Crippen molar-refractivity contribution in [2.75, 3.05) is 13.2 Å². The Kier molecular flexibility index (Phi) is 4.63. The van der Waals surface area contributed by atoms with Crippen LogP contribution in [0.5, 0.6) is 5.75 Å². The molecule has 19 heavy (non-hydrogen) atoms. The summed E-state index contributed by atoms with van der Waals surface area (Å²) in [6.45, 7) is 7.60. The van der Waals surface area contributed by atoms with Crippen LogP contribution in [0, 0.1) is 6.92 Å². The summed E-state index contributed by atoms with van der Waals surface area (Å²) in [7, 11) is 0. The van der Waals surface area contributed by atoms with Gasteiger partial charge in [-0.25, -0.2) is 0 Å². The number of hydrogen-bond acceptors (Lipinski definition) is 3. The SMILES string of the molecule is CCNC(c1cccc(OCC)c1)c1ccc(C)o1. The fraction of sp³-hybridized carbons (Fsp3) is 0.375. The van der Waals surface area contributed by atoms with Crippen LogP contribution < -0.4 is 10.1 Å². The third-order valence-corrected chi connectivity index (χ3v) is 2.96. The highest BCUT2D eigenvalue weighted by Gasteiger charge is 2.16. The molecule has 1 unspecified atom stereocenters. The minimum atomic E-state index is 0.0686. The van der Waals surface area contributed by atoms with Gasteiger partial charge in [-0.15, -0.1) is 0 Å². The highest BCUT2D eigenvalue weighted by molar-refractivity contribution is 5.34. The molecule has 3 nitrogen and oxygen atoms in total. The Morgan fingerprint density at radius 1 is 1.21 bits per heavy atom. The lowest BCUT2D eigenvalue weighted by Crippen LogP contribution is -2.21. The van der Waals surface area contributed by atoms with Crippen LogP contribution in [-0.2, 0) is 0 Å². The van der Waals surface area contributed by atoms with Gasteiger partial charge in [-0.3, -0.25) is 0 Å². The first-order valence-electron chi connectivity index (χ1n) is 6.77. The molecule has 2 rings (SSSR count). The highest BCUT2D eigenvalue weighted by atomic mass is 16.5. The number of rotatable bonds is 6. The minimum Gasteiger partial charge on any atom is -0.494 e. The molecule has 0 bridgehead atoms. The van der Waals surface area contributed by atoms with Gasteiger partial charge in [-0.05, 0) is 50.2 Å². The first kappa shape index (κ1) is 13.7. The van der Waals surface area contributed by atoms with Gasteiger partial charge in [0.2, 0.25) is 0 Å². The number of ether oxygens (including phenoxy) is 1. The number of nitrogens with one attached hydrogen (secondary N) is 1. The largest absolute Gasteiger partial charge is 0.494 e. The summed E-state index contributed by atoms with van der Waals surface area (Å²) in [5.74, 6) is 2.76. The molecule has 0 saturated carbocycles. The molecular weight excluding hydrogens is 238 g/mol. The van der Waals surface area contributed by atoms with E-state index in [1.54, 1.807) is 0 Å². The van der Waals surface area contributed by atoms with Gasteiger partial charge >= 0.3 is 0 Å². The van der Waals surface area contributed by atoms with E-state index in [1.165, 1.54) is 0 Å². The van der Waals surface area contributed by atoms with Crippen molar-refractivity contribution in [1.82, 2.24) is 5.32 Å². The van der Waals surface area contributed by atoms with Gasteiger partial charge in [-0.1, -0.05) is 19.1 Å². The molecule has 1 heterocycles. The van der Waals surface area contributed by atoms with Gasteiger partial charge in [0.05, 0.1) is 12.6 Å². The van der Waals surface area contributed by atoms with Crippen LogP contribution in [-0.4, -0.2) is 13.2 Å². The Morgan fingerprint density at radius 3 is 2.68 bits per heavy atom. The molecule has 0 aliphatic carbocycles. The number of hydrogen-bond donors (Lipinski definition) is 1. The van der Waals surface area contributed by atoms with Gasteiger partial charge in [0.15, 0.2) is 0 Å². The van der Waals surface area contributed by atoms with E-state index in [0.717, 1.165) is 29.4 Å². The molecule has 0 radical (unpaired) electrons.